The molecule has 28 heavy (non-hydrogen) atoms. The monoisotopic (exact) mass is 382 g/mol. The number of aromatic nitrogens is 2. The minimum absolute atomic E-state index is 0.0750. The Balaban J connectivity index is 1.36. The highest BCUT2D eigenvalue weighted by atomic mass is 16.5. The molecule has 1 aliphatic carbocycles. The van der Waals surface area contributed by atoms with E-state index in [0.29, 0.717) is 30.2 Å². The van der Waals surface area contributed by atoms with Crippen LogP contribution in [0.25, 0.3) is 0 Å². The Morgan fingerprint density at radius 3 is 2.96 bits per heavy atom. The summed E-state index contributed by atoms with van der Waals surface area (Å²) in [6.07, 6.45) is 3.85. The van der Waals surface area contributed by atoms with Crippen LogP contribution in [0, 0.1) is 0 Å². The van der Waals surface area contributed by atoms with Crippen molar-refractivity contribution in [1.82, 2.24) is 15.5 Å². The third-order valence-corrected chi connectivity index (χ3v) is 6.02. The van der Waals surface area contributed by atoms with Gasteiger partial charge in [-0.25, -0.2) is 0 Å². The van der Waals surface area contributed by atoms with Crippen LogP contribution < -0.4 is 15.0 Å². The van der Waals surface area contributed by atoms with Gasteiger partial charge in [-0.1, -0.05) is 12.1 Å². The van der Waals surface area contributed by atoms with E-state index in [0.717, 1.165) is 30.5 Å². The first kappa shape index (κ1) is 17.2. The minimum atomic E-state index is -0.783. The Bertz CT molecular complexity index is 949. The van der Waals surface area contributed by atoms with Crippen LogP contribution in [-0.2, 0) is 22.6 Å². The van der Waals surface area contributed by atoms with Crippen molar-refractivity contribution >= 4 is 17.5 Å². The SMILES string of the molecule is CN1C(=O)C(NC(=O)c2n[nH]c3c2CC2(CCC2)OC3)COc2ccccc21. The number of hydrogen-bond donors (Lipinski definition) is 2. The molecule has 1 spiro atoms. The predicted molar refractivity (Wildman–Crippen MR) is 100 cm³/mol. The number of hydrogen-bond acceptors (Lipinski definition) is 5. The van der Waals surface area contributed by atoms with E-state index in [1.165, 1.54) is 4.90 Å². The van der Waals surface area contributed by atoms with Crippen LogP contribution in [-0.4, -0.2) is 47.3 Å². The Hall–Kier alpha value is -2.87. The molecule has 8 heteroatoms. The summed E-state index contributed by atoms with van der Waals surface area (Å²) in [6.45, 7) is 0.519. The molecule has 1 fully saturated rings. The number of carbonyl (C=O) groups is 2. The summed E-state index contributed by atoms with van der Waals surface area (Å²) < 4.78 is 11.7. The van der Waals surface area contributed by atoms with Crippen LogP contribution in [0.2, 0.25) is 0 Å². The number of fused-ring (bicyclic) bond motifs is 2. The lowest BCUT2D eigenvalue weighted by molar-refractivity contribution is -0.120. The highest BCUT2D eigenvalue weighted by Crippen LogP contribution is 2.43. The van der Waals surface area contributed by atoms with Crippen LogP contribution >= 0.6 is 0 Å². The fraction of sp³-hybridized carbons (Fsp3) is 0.450. The van der Waals surface area contributed by atoms with Gasteiger partial charge in [0.2, 0.25) is 0 Å². The zero-order chi connectivity index (χ0) is 19.3. The van der Waals surface area contributed by atoms with Crippen molar-refractivity contribution in [2.75, 3.05) is 18.6 Å². The number of rotatable bonds is 2. The van der Waals surface area contributed by atoms with Crippen LogP contribution in [0.4, 0.5) is 5.69 Å². The Kier molecular flexibility index (Phi) is 3.90. The molecule has 0 radical (unpaired) electrons. The van der Waals surface area contributed by atoms with E-state index >= 15 is 0 Å². The van der Waals surface area contributed by atoms with Crippen LogP contribution in [0.5, 0.6) is 5.75 Å². The fourth-order valence-corrected chi connectivity index (χ4v) is 4.17. The Labute approximate surface area is 162 Å². The van der Waals surface area contributed by atoms with Crippen molar-refractivity contribution in [2.24, 2.45) is 0 Å². The third-order valence-electron chi connectivity index (χ3n) is 6.02. The number of ether oxygens (including phenoxy) is 2. The lowest BCUT2D eigenvalue weighted by atomic mass is 9.74. The maximum absolute atomic E-state index is 12.9. The van der Waals surface area contributed by atoms with Gasteiger partial charge in [-0.15, -0.1) is 0 Å². The van der Waals surface area contributed by atoms with E-state index < -0.39 is 6.04 Å². The summed E-state index contributed by atoms with van der Waals surface area (Å²) in [5.41, 5.74) is 2.64. The molecule has 8 nitrogen and oxygen atoms in total. The van der Waals surface area contributed by atoms with Crippen LogP contribution in [0.1, 0.15) is 41.0 Å². The number of para-hydroxylation sites is 2. The topological polar surface area (TPSA) is 96.6 Å². The molecule has 0 bridgehead atoms. The predicted octanol–water partition coefficient (Wildman–Crippen LogP) is 1.56. The van der Waals surface area contributed by atoms with E-state index in [9.17, 15) is 9.59 Å². The molecule has 2 aromatic rings. The number of benzene rings is 1. The second-order valence-corrected chi connectivity index (χ2v) is 7.73. The lowest BCUT2D eigenvalue weighted by Gasteiger charge is -2.44. The summed E-state index contributed by atoms with van der Waals surface area (Å²) in [5, 5.41) is 9.94. The second kappa shape index (κ2) is 6.34. The number of H-pyrrole nitrogens is 1. The zero-order valence-electron chi connectivity index (χ0n) is 15.7. The average molecular weight is 382 g/mol. The van der Waals surface area contributed by atoms with E-state index in [-0.39, 0.29) is 24.0 Å². The van der Waals surface area contributed by atoms with Crippen molar-refractivity contribution in [3.8, 4) is 5.75 Å². The summed E-state index contributed by atoms with van der Waals surface area (Å²) in [7, 11) is 1.68. The number of likely N-dealkylation sites (N-methyl/N-ethyl adjacent to an activating group) is 1. The standard InChI is InChI=1S/C20H22N4O4/c1-24-15-5-2-3-6-16(15)27-10-14(19(24)26)21-18(25)17-12-9-20(7-4-8-20)28-11-13(12)22-23-17/h2-3,5-6,14H,4,7-11H2,1H3,(H,21,25)(H,22,23). The highest BCUT2D eigenvalue weighted by molar-refractivity contribution is 6.03. The van der Waals surface area contributed by atoms with Gasteiger partial charge in [0.15, 0.2) is 5.69 Å². The van der Waals surface area contributed by atoms with Gasteiger partial charge in [-0.3, -0.25) is 14.7 Å². The number of amides is 2. The first-order valence-electron chi connectivity index (χ1n) is 9.57. The summed E-state index contributed by atoms with van der Waals surface area (Å²) in [6, 6.07) is 6.55. The minimum Gasteiger partial charge on any atom is -0.489 e. The van der Waals surface area contributed by atoms with E-state index in [2.05, 4.69) is 15.5 Å². The Morgan fingerprint density at radius 2 is 2.18 bits per heavy atom. The Morgan fingerprint density at radius 1 is 1.36 bits per heavy atom. The van der Waals surface area contributed by atoms with Crippen molar-refractivity contribution in [1.29, 1.82) is 0 Å². The van der Waals surface area contributed by atoms with Gasteiger partial charge < -0.3 is 19.7 Å². The first-order valence-corrected chi connectivity index (χ1v) is 9.57. The molecule has 2 N–H and O–H groups in total. The van der Waals surface area contributed by atoms with Crippen molar-refractivity contribution in [2.45, 2.75) is 43.9 Å². The molecule has 2 amide bonds. The number of nitrogens with one attached hydrogen (secondary N) is 2. The average Bonchev–Trinajstić information content (AvgIpc) is 3.07. The molecule has 1 aromatic carbocycles. The molecule has 5 rings (SSSR count). The first-order chi connectivity index (χ1) is 13.6. The van der Waals surface area contributed by atoms with Gasteiger partial charge in [0, 0.05) is 19.0 Å². The molecule has 1 aromatic heterocycles. The lowest BCUT2D eigenvalue weighted by Crippen LogP contribution is -2.50. The van der Waals surface area contributed by atoms with Gasteiger partial charge in [0.1, 0.15) is 18.4 Å². The van der Waals surface area contributed by atoms with Gasteiger partial charge in [-0.05, 0) is 31.4 Å². The number of anilines is 1. The van der Waals surface area contributed by atoms with Crippen LogP contribution in [0.3, 0.4) is 0 Å². The largest absolute Gasteiger partial charge is 0.489 e. The molecular weight excluding hydrogens is 360 g/mol. The van der Waals surface area contributed by atoms with Gasteiger partial charge in [-0.2, -0.15) is 5.10 Å². The van der Waals surface area contributed by atoms with E-state index in [1.54, 1.807) is 7.05 Å². The van der Waals surface area contributed by atoms with Crippen molar-refractivity contribution < 1.29 is 19.1 Å². The van der Waals surface area contributed by atoms with Crippen LogP contribution in [0.15, 0.2) is 24.3 Å². The molecular formula is C20H22N4O4. The van der Waals surface area contributed by atoms with Gasteiger partial charge >= 0.3 is 0 Å². The second-order valence-electron chi connectivity index (χ2n) is 7.73. The van der Waals surface area contributed by atoms with Gasteiger partial charge in [0.05, 0.1) is 23.6 Å². The number of nitrogens with zero attached hydrogens (tertiary/aromatic N) is 2. The summed E-state index contributed by atoms with van der Waals surface area (Å²) in [4.78, 5) is 27.3. The van der Waals surface area contributed by atoms with Gasteiger partial charge in [0.25, 0.3) is 11.8 Å². The number of carbonyl (C=O) groups excluding carboxylic acids is 2. The normalized spacial score (nSPS) is 22.5. The molecule has 1 saturated carbocycles. The highest BCUT2D eigenvalue weighted by Gasteiger charge is 2.43. The molecule has 3 heterocycles. The van der Waals surface area contributed by atoms with Crippen molar-refractivity contribution in [3.05, 3.63) is 41.2 Å². The summed E-state index contributed by atoms with van der Waals surface area (Å²) in [5.74, 6) is 0.0352. The quantitative estimate of drug-likeness (QED) is 0.822. The molecule has 0 saturated heterocycles. The number of aromatic amines is 1. The maximum Gasteiger partial charge on any atom is 0.272 e. The van der Waals surface area contributed by atoms with Crippen molar-refractivity contribution in [3.63, 3.8) is 0 Å². The molecule has 3 aliphatic rings. The molecule has 146 valence electrons. The molecule has 1 atom stereocenters. The molecule has 1 unspecified atom stereocenters. The zero-order valence-corrected chi connectivity index (χ0v) is 15.7. The third kappa shape index (κ3) is 2.67. The van der Waals surface area contributed by atoms with E-state index in [4.69, 9.17) is 9.47 Å². The smallest absolute Gasteiger partial charge is 0.272 e. The maximum atomic E-state index is 12.9. The summed E-state index contributed by atoms with van der Waals surface area (Å²) >= 11 is 0. The molecule has 2 aliphatic heterocycles. The fourth-order valence-electron chi connectivity index (χ4n) is 4.17. The van der Waals surface area contributed by atoms with E-state index in [1.807, 2.05) is 24.3 Å².